The predicted octanol–water partition coefficient (Wildman–Crippen LogP) is 3.77. The molecule has 0 saturated carbocycles. The van der Waals surface area contributed by atoms with Crippen molar-refractivity contribution in [2.75, 3.05) is 20.2 Å². The van der Waals surface area contributed by atoms with Crippen LogP contribution in [0.25, 0.3) is 0 Å². The Bertz CT molecular complexity index is 650. The molecular weight excluding hydrogens is 481 g/mol. The molecule has 0 amide bonds. The van der Waals surface area contributed by atoms with Crippen LogP contribution in [0.1, 0.15) is 11.1 Å². The lowest BCUT2D eigenvalue weighted by atomic mass is 10.1. The topological polar surface area (TPSA) is 59.6 Å². The fraction of sp³-hybridized carbons (Fsp3) is 0.278. The van der Waals surface area contributed by atoms with Crippen LogP contribution in [0.2, 0.25) is 0 Å². The lowest BCUT2D eigenvalue weighted by Gasteiger charge is -2.09. The third-order valence-electron chi connectivity index (χ3n) is 3.48. The summed E-state index contributed by atoms with van der Waals surface area (Å²) in [6.07, 6.45) is 1.71. The highest BCUT2D eigenvalue weighted by Gasteiger charge is 2.06. The minimum Gasteiger partial charge on any atom is -0.495 e. The first-order valence-corrected chi connectivity index (χ1v) is 8.39. The molecular formula is C18H23BrIN3O. The molecule has 0 aromatic heterocycles. The summed E-state index contributed by atoms with van der Waals surface area (Å²) in [6, 6.07) is 16.3. The second-order valence-corrected chi connectivity index (χ2v) is 5.97. The van der Waals surface area contributed by atoms with Crippen LogP contribution >= 0.6 is 39.9 Å². The molecule has 24 heavy (non-hydrogen) atoms. The summed E-state index contributed by atoms with van der Waals surface area (Å²) in [7, 11) is 1.67. The summed E-state index contributed by atoms with van der Waals surface area (Å²) in [5.41, 5.74) is 8.30. The molecule has 0 saturated heterocycles. The highest BCUT2D eigenvalue weighted by Crippen LogP contribution is 2.28. The molecule has 2 aromatic rings. The quantitative estimate of drug-likeness (QED) is 0.343. The average molecular weight is 504 g/mol. The van der Waals surface area contributed by atoms with Crippen molar-refractivity contribution < 1.29 is 4.74 Å². The van der Waals surface area contributed by atoms with E-state index in [1.807, 2.05) is 36.4 Å². The molecule has 0 aliphatic heterocycles. The molecule has 0 radical (unpaired) electrons. The maximum absolute atomic E-state index is 5.90. The molecule has 4 nitrogen and oxygen atoms in total. The van der Waals surface area contributed by atoms with Crippen molar-refractivity contribution in [1.82, 2.24) is 5.32 Å². The highest BCUT2D eigenvalue weighted by atomic mass is 127. The van der Waals surface area contributed by atoms with Crippen LogP contribution in [-0.2, 0) is 12.8 Å². The highest BCUT2D eigenvalue weighted by molar-refractivity contribution is 14.0. The van der Waals surface area contributed by atoms with Gasteiger partial charge in [-0.1, -0.05) is 42.5 Å². The first-order valence-electron chi connectivity index (χ1n) is 7.60. The molecule has 0 heterocycles. The second kappa shape index (κ2) is 11.3. The van der Waals surface area contributed by atoms with Gasteiger partial charge in [-0.3, -0.25) is 4.99 Å². The van der Waals surface area contributed by atoms with E-state index in [9.17, 15) is 0 Å². The van der Waals surface area contributed by atoms with Gasteiger partial charge >= 0.3 is 0 Å². The number of rotatable bonds is 7. The van der Waals surface area contributed by atoms with Crippen molar-refractivity contribution in [2.24, 2.45) is 10.7 Å². The van der Waals surface area contributed by atoms with E-state index in [2.05, 4.69) is 38.4 Å². The van der Waals surface area contributed by atoms with E-state index in [1.165, 1.54) is 5.56 Å². The summed E-state index contributed by atoms with van der Waals surface area (Å²) in [5.74, 6) is 1.34. The van der Waals surface area contributed by atoms with Crippen LogP contribution in [0.15, 0.2) is 58.0 Å². The number of benzene rings is 2. The van der Waals surface area contributed by atoms with E-state index in [-0.39, 0.29) is 24.0 Å². The van der Waals surface area contributed by atoms with Gasteiger partial charge in [0.2, 0.25) is 0 Å². The minimum absolute atomic E-state index is 0. The van der Waals surface area contributed by atoms with Gasteiger partial charge in [0.15, 0.2) is 5.96 Å². The van der Waals surface area contributed by atoms with Gasteiger partial charge in [-0.2, -0.15) is 0 Å². The van der Waals surface area contributed by atoms with Crippen LogP contribution in [0.5, 0.6) is 5.75 Å². The third kappa shape index (κ3) is 6.68. The average Bonchev–Trinajstić information content (AvgIpc) is 2.56. The van der Waals surface area contributed by atoms with E-state index < -0.39 is 0 Å². The summed E-state index contributed by atoms with van der Waals surface area (Å²) in [6.45, 7) is 1.40. The normalized spacial score (nSPS) is 10.8. The molecule has 0 unspecified atom stereocenters. The molecule has 0 aliphatic carbocycles. The van der Waals surface area contributed by atoms with E-state index >= 15 is 0 Å². The number of para-hydroxylation sites is 1. The number of hydrogen-bond donors (Lipinski definition) is 2. The van der Waals surface area contributed by atoms with E-state index in [0.29, 0.717) is 12.5 Å². The van der Waals surface area contributed by atoms with Crippen molar-refractivity contribution in [1.29, 1.82) is 0 Å². The van der Waals surface area contributed by atoms with E-state index in [4.69, 9.17) is 10.5 Å². The van der Waals surface area contributed by atoms with E-state index in [1.54, 1.807) is 7.11 Å². The smallest absolute Gasteiger partial charge is 0.188 e. The standard InChI is InChI=1S/C18H22BrN3O.HI/c1-23-17-15(8-5-9-16(17)19)11-13-22-18(20)21-12-10-14-6-3-2-4-7-14;/h2-9H,10-13H2,1H3,(H3,20,21,22);1H. The van der Waals surface area contributed by atoms with Gasteiger partial charge < -0.3 is 15.8 Å². The Morgan fingerprint density at radius 3 is 2.58 bits per heavy atom. The maximum atomic E-state index is 5.90. The Kier molecular flexibility index (Phi) is 9.78. The molecule has 0 fully saturated rings. The molecule has 6 heteroatoms. The van der Waals surface area contributed by atoms with Crippen LogP contribution in [0.3, 0.4) is 0 Å². The van der Waals surface area contributed by atoms with E-state index in [0.717, 1.165) is 35.2 Å². The van der Waals surface area contributed by atoms with Gasteiger partial charge in [0, 0.05) is 13.1 Å². The fourth-order valence-corrected chi connectivity index (χ4v) is 2.88. The number of methoxy groups -OCH3 is 1. The number of halogens is 2. The largest absolute Gasteiger partial charge is 0.495 e. The lowest BCUT2D eigenvalue weighted by molar-refractivity contribution is 0.407. The fourth-order valence-electron chi connectivity index (χ4n) is 2.31. The Balaban J connectivity index is 0.00000288. The Labute approximate surface area is 169 Å². The van der Waals surface area contributed by atoms with Gasteiger partial charge in [0.05, 0.1) is 11.6 Å². The summed E-state index contributed by atoms with van der Waals surface area (Å²) < 4.78 is 6.36. The molecule has 0 spiro atoms. The number of nitrogens with one attached hydrogen (secondary N) is 1. The predicted molar refractivity (Wildman–Crippen MR) is 114 cm³/mol. The summed E-state index contributed by atoms with van der Waals surface area (Å²) in [5, 5.41) is 3.14. The first kappa shape index (κ1) is 20.8. The SMILES string of the molecule is COc1c(Br)cccc1CCN=C(N)NCCc1ccccc1.I. The van der Waals surface area contributed by atoms with Crippen molar-refractivity contribution in [2.45, 2.75) is 12.8 Å². The summed E-state index contributed by atoms with van der Waals surface area (Å²) in [4.78, 5) is 4.37. The van der Waals surface area contributed by atoms with Crippen molar-refractivity contribution in [3.63, 3.8) is 0 Å². The zero-order valence-electron chi connectivity index (χ0n) is 13.7. The number of nitrogens with zero attached hydrogens (tertiary/aromatic N) is 1. The van der Waals surface area contributed by atoms with Crippen molar-refractivity contribution in [3.05, 3.63) is 64.1 Å². The first-order chi connectivity index (χ1) is 11.2. The number of nitrogens with two attached hydrogens (primary N) is 1. The zero-order chi connectivity index (χ0) is 16.5. The number of aliphatic imine (C=N–C) groups is 1. The number of ether oxygens (including phenoxy) is 1. The minimum atomic E-state index is 0. The molecule has 0 aliphatic rings. The molecule has 0 atom stereocenters. The molecule has 0 bridgehead atoms. The van der Waals surface area contributed by atoms with Crippen LogP contribution in [0.4, 0.5) is 0 Å². The maximum Gasteiger partial charge on any atom is 0.188 e. The van der Waals surface area contributed by atoms with Gasteiger partial charge in [0.1, 0.15) is 5.75 Å². The number of guanidine groups is 1. The van der Waals surface area contributed by atoms with Crippen LogP contribution in [0, 0.1) is 0 Å². The Hall–Kier alpha value is -1.28. The van der Waals surface area contributed by atoms with Gasteiger partial charge in [-0.15, -0.1) is 24.0 Å². The Morgan fingerprint density at radius 1 is 1.12 bits per heavy atom. The zero-order valence-corrected chi connectivity index (χ0v) is 17.6. The Morgan fingerprint density at radius 2 is 1.88 bits per heavy atom. The molecule has 130 valence electrons. The second-order valence-electron chi connectivity index (χ2n) is 5.11. The van der Waals surface area contributed by atoms with Crippen molar-refractivity contribution >= 4 is 45.9 Å². The van der Waals surface area contributed by atoms with Gasteiger partial charge in [-0.25, -0.2) is 0 Å². The monoisotopic (exact) mass is 503 g/mol. The lowest BCUT2D eigenvalue weighted by Crippen LogP contribution is -2.33. The molecule has 2 rings (SSSR count). The number of hydrogen-bond acceptors (Lipinski definition) is 2. The van der Waals surface area contributed by atoms with Crippen LogP contribution < -0.4 is 15.8 Å². The van der Waals surface area contributed by atoms with Gasteiger partial charge in [-0.05, 0) is 46.0 Å². The molecule has 3 N–H and O–H groups in total. The summed E-state index contributed by atoms with van der Waals surface area (Å²) >= 11 is 3.49. The molecule has 2 aromatic carbocycles. The van der Waals surface area contributed by atoms with Crippen molar-refractivity contribution in [3.8, 4) is 5.75 Å². The van der Waals surface area contributed by atoms with Crippen LogP contribution in [-0.4, -0.2) is 26.2 Å². The third-order valence-corrected chi connectivity index (χ3v) is 4.10. The van der Waals surface area contributed by atoms with Gasteiger partial charge in [0.25, 0.3) is 0 Å².